The summed E-state index contributed by atoms with van der Waals surface area (Å²) in [7, 11) is 8.30. The van der Waals surface area contributed by atoms with Crippen LogP contribution in [-0.2, 0) is 9.59 Å². The van der Waals surface area contributed by atoms with E-state index in [0.717, 1.165) is 11.3 Å². The third-order valence-electron chi connectivity index (χ3n) is 4.29. The molecular formula is C23H30N4O9S. The van der Waals surface area contributed by atoms with Crippen LogP contribution in [-0.4, -0.2) is 91.9 Å². The van der Waals surface area contributed by atoms with Gasteiger partial charge in [0.05, 0.1) is 26.9 Å². The van der Waals surface area contributed by atoms with E-state index in [9.17, 15) is 19.2 Å². The first kappa shape index (κ1) is 30.9. The normalized spacial score (nSPS) is 11.2. The van der Waals surface area contributed by atoms with E-state index in [0.29, 0.717) is 41.1 Å². The number of carboxylic acids is 2. The molecule has 2 aromatic rings. The summed E-state index contributed by atoms with van der Waals surface area (Å²) in [6.45, 7) is 2.62. The van der Waals surface area contributed by atoms with Crippen LogP contribution in [0.5, 0.6) is 17.2 Å². The Balaban J connectivity index is 0.000000738. The Kier molecular flexibility index (Phi) is 12.6. The number of rotatable bonds is 11. The number of carbonyl (C=O) groups excluding carboxylic acids is 2. The Morgan fingerprint density at radius 1 is 0.973 bits per heavy atom. The Morgan fingerprint density at radius 2 is 1.51 bits per heavy atom. The van der Waals surface area contributed by atoms with Crippen molar-refractivity contribution in [3.05, 3.63) is 40.9 Å². The van der Waals surface area contributed by atoms with Crippen LogP contribution in [0, 0.1) is 0 Å². The molecule has 1 aromatic carbocycles. The second kappa shape index (κ2) is 15.1. The highest BCUT2D eigenvalue weighted by atomic mass is 32.1. The average Bonchev–Trinajstić information content (AvgIpc) is 3.30. The molecule has 13 nitrogen and oxygen atoms in total. The van der Waals surface area contributed by atoms with Gasteiger partial charge >= 0.3 is 11.9 Å². The number of carboxylic acid groups (broad SMARTS) is 2. The van der Waals surface area contributed by atoms with Crippen molar-refractivity contribution < 1.29 is 43.6 Å². The van der Waals surface area contributed by atoms with E-state index in [4.69, 9.17) is 24.4 Å². The van der Waals surface area contributed by atoms with Crippen molar-refractivity contribution in [1.29, 1.82) is 0 Å². The van der Waals surface area contributed by atoms with Crippen molar-refractivity contribution >= 4 is 40.2 Å². The van der Waals surface area contributed by atoms with Crippen LogP contribution in [0.3, 0.4) is 0 Å². The molecule has 1 atom stereocenters. The fraction of sp³-hybridized carbons (Fsp3) is 0.348. The molecule has 0 spiro atoms. The molecule has 2 amide bonds. The van der Waals surface area contributed by atoms with Gasteiger partial charge in [-0.15, -0.1) is 11.3 Å². The van der Waals surface area contributed by atoms with Crippen LogP contribution in [0.4, 0.5) is 5.13 Å². The molecule has 0 bridgehead atoms. The quantitative estimate of drug-likeness (QED) is 0.307. The molecule has 1 heterocycles. The Morgan fingerprint density at radius 3 is 2.00 bits per heavy atom. The smallest absolute Gasteiger partial charge is 0.328 e. The third-order valence-corrected chi connectivity index (χ3v) is 5.05. The summed E-state index contributed by atoms with van der Waals surface area (Å²) in [6.07, 6.45) is 1.12. The van der Waals surface area contributed by atoms with Crippen LogP contribution in [0.15, 0.2) is 29.7 Å². The maximum absolute atomic E-state index is 12.7. The lowest BCUT2D eigenvalue weighted by atomic mass is 10.1. The highest BCUT2D eigenvalue weighted by Crippen LogP contribution is 2.35. The van der Waals surface area contributed by atoms with Crippen LogP contribution in [0.25, 0.3) is 0 Å². The van der Waals surface area contributed by atoms with Crippen molar-refractivity contribution in [2.75, 3.05) is 47.3 Å². The summed E-state index contributed by atoms with van der Waals surface area (Å²) in [5.74, 6) is -2.08. The van der Waals surface area contributed by atoms with Gasteiger partial charge < -0.3 is 34.6 Å². The summed E-state index contributed by atoms with van der Waals surface area (Å²) in [6, 6.07) is 3.06. The zero-order valence-electron chi connectivity index (χ0n) is 21.2. The fourth-order valence-corrected chi connectivity index (χ4v) is 3.53. The maximum atomic E-state index is 12.7. The second-order valence-corrected chi connectivity index (χ2v) is 8.40. The number of methoxy groups -OCH3 is 3. The van der Waals surface area contributed by atoms with Gasteiger partial charge in [-0.05, 0) is 21.0 Å². The lowest BCUT2D eigenvalue weighted by molar-refractivity contribution is -0.134. The number of thiazole rings is 1. The first-order valence-electron chi connectivity index (χ1n) is 10.6. The summed E-state index contributed by atoms with van der Waals surface area (Å²) < 4.78 is 15.8. The lowest BCUT2D eigenvalue weighted by Crippen LogP contribution is -2.39. The number of nitrogens with zero attached hydrogens (tertiary/aromatic N) is 2. The van der Waals surface area contributed by atoms with Gasteiger partial charge in [-0.25, -0.2) is 14.6 Å². The predicted molar refractivity (Wildman–Crippen MR) is 136 cm³/mol. The van der Waals surface area contributed by atoms with Crippen molar-refractivity contribution in [2.24, 2.45) is 0 Å². The van der Waals surface area contributed by atoms with Crippen molar-refractivity contribution in [2.45, 2.75) is 13.0 Å². The van der Waals surface area contributed by atoms with Gasteiger partial charge in [0.2, 0.25) is 0 Å². The molecule has 1 unspecified atom stereocenters. The van der Waals surface area contributed by atoms with E-state index < -0.39 is 17.8 Å². The number of ether oxygens (including phenoxy) is 3. The van der Waals surface area contributed by atoms with E-state index >= 15 is 0 Å². The molecule has 4 N–H and O–H groups in total. The highest BCUT2D eigenvalue weighted by Gasteiger charge is 2.20. The molecule has 2 rings (SSSR count). The second-order valence-electron chi connectivity index (χ2n) is 7.55. The van der Waals surface area contributed by atoms with Crippen LogP contribution < -0.4 is 24.8 Å². The Bertz CT molecular complexity index is 1120. The predicted octanol–water partition coefficient (Wildman–Crippen LogP) is 1.81. The molecule has 0 fully saturated rings. The summed E-state index contributed by atoms with van der Waals surface area (Å²) in [5.41, 5.74) is 0.501. The molecule has 0 saturated carbocycles. The zero-order chi connectivity index (χ0) is 28.1. The summed E-state index contributed by atoms with van der Waals surface area (Å²) >= 11 is 1.16. The fourth-order valence-electron chi connectivity index (χ4n) is 2.84. The molecule has 14 heteroatoms. The van der Waals surface area contributed by atoms with E-state index in [1.807, 2.05) is 25.9 Å². The standard InChI is InChI=1S/C19H26N4O5S.C4H4O4/c1-11(9-23(2)3)20-18(25)13-10-29-19(21-13)22-17(24)12-7-15(27-5)16(28-6)8-14(12)26-4;5-3(6)1-2-4(7)8/h7-8,10-11H,9H2,1-6H3,(H,20,25)(H,21,22,24);1-2H,(H,5,6)(H,7,8)/b;2-1-. The number of amides is 2. The monoisotopic (exact) mass is 538 g/mol. The van der Waals surface area contributed by atoms with Crippen molar-refractivity contribution in [1.82, 2.24) is 15.2 Å². The zero-order valence-corrected chi connectivity index (χ0v) is 22.0. The van der Waals surface area contributed by atoms with E-state index in [2.05, 4.69) is 15.6 Å². The number of likely N-dealkylation sites (N-methyl/N-ethyl adjacent to an activating group) is 1. The number of aromatic nitrogens is 1. The molecule has 0 saturated heterocycles. The molecular weight excluding hydrogens is 508 g/mol. The number of benzene rings is 1. The van der Waals surface area contributed by atoms with Gasteiger partial charge in [-0.1, -0.05) is 0 Å². The molecule has 0 radical (unpaired) electrons. The van der Waals surface area contributed by atoms with Crippen molar-refractivity contribution in [3.8, 4) is 17.2 Å². The SMILES string of the molecule is COc1cc(OC)c(C(=O)Nc2nc(C(=O)NC(C)CN(C)C)cs2)cc1OC.O=C(O)/C=C\C(=O)O. The van der Waals surface area contributed by atoms with Gasteiger partial charge in [-0.2, -0.15) is 0 Å². The van der Waals surface area contributed by atoms with E-state index in [-0.39, 0.29) is 23.2 Å². The topological polar surface area (TPSA) is 177 Å². The molecule has 0 aliphatic rings. The van der Waals surface area contributed by atoms with E-state index in [1.165, 1.54) is 27.4 Å². The number of anilines is 1. The number of hydrogen-bond acceptors (Lipinski definition) is 10. The van der Waals surface area contributed by atoms with Crippen LogP contribution in [0.2, 0.25) is 0 Å². The van der Waals surface area contributed by atoms with Crippen LogP contribution >= 0.6 is 11.3 Å². The first-order chi connectivity index (χ1) is 17.4. The number of aliphatic carboxylic acids is 2. The highest BCUT2D eigenvalue weighted by molar-refractivity contribution is 7.14. The minimum absolute atomic E-state index is 0.0340. The lowest BCUT2D eigenvalue weighted by Gasteiger charge is -2.17. The molecule has 202 valence electrons. The Labute approximate surface area is 217 Å². The number of nitrogens with one attached hydrogen (secondary N) is 2. The number of hydrogen-bond donors (Lipinski definition) is 4. The Hall–Kier alpha value is -4.17. The van der Waals surface area contributed by atoms with Gasteiger partial charge in [0, 0.05) is 42.3 Å². The molecule has 0 aliphatic carbocycles. The van der Waals surface area contributed by atoms with Crippen molar-refractivity contribution in [3.63, 3.8) is 0 Å². The molecule has 1 aromatic heterocycles. The minimum atomic E-state index is -1.26. The molecule has 0 aliphatic heterocycles. The summed E-state index contributed by atoms with van der Waals surface area (Å²) in [5, 5.41) is 23.1. The number of carbonyl (C=O) groups is 4. The van der Waals surface area contributed by atoms with Crippen LogP contribution in [0.1, 0.15) is 27.8 Å². The first-order valence-corrected chi connectivity index (χ1v) is 11.5. The third kappa shape index (κ3) is 10.5. The average molecular weight is 539 g/mol. The van der Waals surface area contributed by atoms with Gasteiger partial charge in [0.25, 0.3) is 11.8 Å². The maximum Gasteiger partial charge on any atom is 0.328 e. The largest absolute Gasteiger partial charge is 0.496 e. The van der Waals surface area contributed by atoms with Gasteiger partial charge in [0.15, 0.2) is 16.6 Å². The van der Waals surface area contributed by atoms with Gasteiger partial charge in [-0.3, -0.25) is 14.9 Å². The van der Waals surface area contributed by atoms with E-state index in [1.54, 1.807) is 11.4 Å². The molecule has 37 heavy (non-hydrogen) atoms. The summed E-state index contributed by atoms with van der Waals surface area (Å²) in [4.78, 5) is 50.3. The minimum Gasteiger partial charge on any atom is -0.496 e. The van der Waals surface area contributed by atoms with Gasteiger partial charge in [0.1, 0.15) is 11.4 Å².